The standard InChI is InChI=1S/C19H18Cl2N4O5/c20-11-6-12(21)8-14(7-11)23-19(26)16-9-15(24(27)28)10-17(25(29)30)18(16)22-13-4-2-1-3-5-13/h6-10,13,22H,1-5H2,(H,23,26). The summed E-state index contributed by atoms with van der Waals surface area (Å²) in [5, 5.41) is 29.1. The lowest BCUT2D eigenvalue weighted by Crippen LogP contribution is -2.25. The zero-order valence-electron chi connectivity index (χ0n) is 15.7. The molecule has 1 saturated carbocycles. The number of anilines is 2. The summed E-state index contributed by atoms with van der Waals surface area (Å²) in [7, 11) is 0. The molecule has 0 radical (unpaired) electrons. The van der Waals surface area contributed by atoms with Crippen LogP contribution in [-0.4, -0.2) is 21.8 Å². The van der Waals surface area contributed by atoms with Crippen LogP contribution >= 0.6 is 23.2 Å². The predicted molar refractivity (Wildman–Crippen MR) is 115 cm³/mol. The molecule has 0 atom stereocenters. The van der Waals surface area contributed by atoms with Crippen LogP contribution in [0.5, 0.6) is 0 Å². The summed E-state index contributed by atoms with van der Waals surface area (Å²) in [6.07, 6.45) is 4.57. The van der Waals surface area contributed by atoms with Crippen molar-refractivity contribution in [1.29, 1.82) is 0 Å². The highest BCUT2D eigenvalue weighted by Crippen LogP contribution is 2.36. The number of nitrogens with zero attached hydrogens (tertiary/aromatic N) is 2. The SMILES string of the molecule is O=C(Nc1cc(Cl)cc(Cl)c1)c1cc([N+](=O)[O-])cc([N+](=O)[O-])c1NC1CCCCC1. The summed E-state index contributed by atoms with van der Waals surface area (Å²) in [4.78, 5) is 34.4. The van der Waals surface area contributed by atoms with Crippen molar-refractivity contribution in [3.63, 3.8) is 0 Å². The lowest BCUT2D eigenvalue weighted by atomic mass is 9.94. The van der Waals surface area contributed by atoms with Gasteiger partial charge >= 0.3 is 0 Å². The van der Waals surface area contributed by atoms with E-state index in [1.54, 1.807) is 0 Å². The van der Waals surface area contributed by atoms with Gasteiger partial charge in [-0.25, -0.2) is 0 Å². The number of benzene rings is 2. The molecule has 0 aliphatic heterocycles. The maximum atomic E-state index is 13.0. The number of nitro benzene ring substituents is 2. The second-order valence-electron chi connectivity index (χ2n) is 6.99. The fourth-order valence-corrected chi connectivity index (χ4v) is 3.99. The Balaban J connectivity index is 2.05. The van der Waals surface area contributed by atoms with Gasteiger partial charge in [-0.15, -0.1) is 0 Å². The van der Waals surface area contributed by atoms with Crippen LogP contribution in [0.3, 0.4) is 0 Å². The molecule has 1 amide bonds. The van der Waals surface area contributed by atoms with Gasteiger partial charge in [-0.2, -0.15) is 0 Å². The van der Waals surface area contributed by atoms with Crippen LogP contribution in [-0.2, 0) is 0 Å². The summed E-state index contributed by atoms with van der Waals surface area (Å²) in [6, 6.07) is 6.20. The van der Waals surface area contributed by atoms with Crippen LogP contribution < -0.4 is 10.6 Å². The van der Waals surface area contributed by atoms with E-state index in [1.807, 2.05) is 0 Å². The summed E-state index contributed by atoms with van der Waals surface area (Å²) in [6.45, 7) is 0. The van der Waals surface area contributed by atoms with Crippen LogP contribution in [0.2, 0.25) is 10.0 Å². The molecule has 1 fully saturated rings. The topological polar surface area (TPSA) is 127 Å². The summed E-state index contributed by atoms with van der Waals surface area (Å²) in [5.41, 5.74) is -1.05. The first-order chi connectivity index (χ1) is 14.2. The van der Waals surface area contributed by atoms with Gasteiger partial charge in [-0.05, 0) is 31.0 Å². The lowest BCUT2D eigenvalue weighted by Gasteiger charge is -2.24. The molecule has 0 heterocycles. The van der Waals surface area contributed by atoms with Crippen molar-refractivity contribution in [3.05, 3.63) is 66.2 Å². The molecule has 2 N–H and O–H groups in total. The molecule has 1 aliphatic rings. The normalized spacial score (nSPS) is 14.2. The highest BCUT2D eigenvalue weighted by Gasteiger charge is 2.29. The molecule has 2 aromatic rings. The summed E-state index contributed by atoms with van der Waals surface area (Å²) < 4.78 is 0. The first-order valence-corrected chi connectivity index (χ1v) is 10.0. The molecule has 3 rings (SSSR count). The van der Waals surface area contributed by atoms with Crippen molar-refractivity contribution in [2.45, 2.75) is 38.1 Å². The fourth-order valence-electron chi connectivity index (χ4n) is 3.47. The second-order valence-corrected chi connectivity index (χ2v) is 7.87. The van der Waals surface area contributed by atoms with Crippen molar-refractivity contribution >= 4 is 51.9 Å². The van der Waals surface area contributed by atoms with Gasteiger partial charge in [0.05, 0.1) is 21.5 Å². The second kappa shape index (κ2) is 9.27. The van der Waals surface area contributed by atoms with E-state index in [9.17, 15) is 25.0 Å². The first-order valence-electron chi connectivity index (χ1n) is 9.25. The van der Waals surface area contributed by atoms with Gasteiger partial charge < -0.3 is 10.6 Å². The van der Waals surface area contributed by atoms with Crippen molar-refractivity contribution in [2.75, 3.05) is 10.6 Å². The summed E-state index contributed by atoms with van der Waals surface area (Å²) >= 11 is 11.9. The number of non-ortho nitro benzene ring substituents is 1. The Bertz CT molecular complexity index is 988. The van der Waals surface area contributed by atoms with Crippen molar-refractivity contribution in [2.24, 2.45) is 0 Å². The van der Waals surface area contributed by atoms with Gasteiger partial charge in [0.1, 0.15) is 5.69 Å². The fraction of sp³-hybridized carbons (Fsp3) is 0.316. The van der Waals surface area contributed by atoms with Gasteiger partial charge in [0.2, 0.25) is 0 Å². The highest BCUT2D eigenvalue weighted by molar-refractivity contribution is 6.35. The molecule has 30 heavy (non-hydrogen) atoms. The average molecular weight is 453 g/mol. The monoisotopic (exact) mass is 452 g/mol. The number of hydrogen-bond donors (Lipinski definition) is 2. The van der Waals surface area contributed by atoms with E-state index in [1.165, 1.54) is 18.2 Å². The van der Waals surface area contributed by atoms with Crippen LogP contribution in [0.25, 0.3) is 0 Å². The third kappa shape index (κ3) is 5.17. The van der Waals surface area contributed by atoms with Crippen LogP contribution in [0, 0.1) is 20.2 Å². The molecule has 11 heteroatoms. The molecule has 0 bridgehead atoms. The Morgan fingerprint density at radius 3 is 2.13 bits per heavy atom. The van der Waals surface area contributed by atoms with Crippen LogP contribution in [0.4, 0.5) is 22.7 Å². The lowest BCUT2D eigenvalue weighted by molar-refractivity contribution is -0.393. The Morgan fingerprint density at radius 1 is 0.933 bits per heavy atom. The average Bonchev–Trinajstić information content (AvgIpc) is 2.67. The van der Waals surface area contributed by atoms with Crippen molar-refractivity contribution in [1.82, 2.24) is 0 Å². The molecular formula is C19H18Cl2N4O5. The van der Waals surface area contributed by atoms with E-state index in [2.05, 4.69) is 10.6 Å². The van der Waals surface area contributed by atoms with Crippen molar-refractivity contribution < 1.29 is 14.6 Å². The molecule has 0 unspecified atom stereocenters. The zero-order valence-corrected chi connectivity index (χ0v) is 17.2. The summed E-state index contributed by atoms with van der Waals surface area (Å²) in [5.74, 6) is -0.751. The minimum absolute atomic E-state index is 0.0388. The Kier molecular flexibility index (Phi) is 6.73. The Hall–Kier alpha value is -2.91. The van der Waals surface area contributed by atoms with E-state index in [4.69, 9.17) is 23.2 Å². The molecule has 0 saturated heterocycles. The Labute approximate surface area is 181 Å². The third-order valence-corrected chi connectivity index (χ3v) is 5.26. The van der Waals surface area contributed by atoms with Crippen molar-refractivity contribution in [3.8, 4) is 0 Å². The number of carbonyl (C=O) groups excluding carboxylic acids is 1. The van der Waals surface area contributed by atoms with E-state index in [-0.39, 0.29) is 33.0 Å². The quantitative estimate of drug-likeness (QED) is 0.420. The maximum Gasteiger partial charge on any atom is 0.300 e. The molecule has 9 nitrogen and oxygen atoms in total. The third-order valence-electron chi connectivity index (χ3n) is 4.83. The largest absolute Gasteiger partial charge is 0.376 e. The minimum atomic E-state index is -0.773. The van der Waals surface area contributed by atoms with Gasteiger partial charge in [0.15, 0.2) is 0 Å². The maximum absolute atomic E-state index is 13.0. The van der Waals surface area contributed by atoms with Crippen LogP contribution in [0.1, 0.15) is 42.5 Å². The number of carbonyl (C=O) groups is 1. The molecule has 0 aromatic heterocycles. The number of nitro groups is 2. The van der Waals surface area contributed by atoms with E-state index < -0.39 is 27.1 Å². The number of amides is 1. The zero-order chi connectivity index (χ0) is 21.8. The van der Waals surface area contributed by atoms with Crippen LogP contribution in [0.15, 0.2) is 30.3 Å². The molecule has 0 spiro atoms. The number of hydrogen-bond acceptors (Lipinski definition) is 6. The molecule has 158 valence electrons. The van der Waals surface area contributed by atoms with Gasteiger partial charge in [-0.3, -0.25) is 25.0 Å². The van der Waals surface area contributed by atoms with E-state index >= 15 is 0 Å². The van der Waals surface area contributed by atoms with E-state index in [0.29, 0.717) is 0 Å². The molecule has 2 aromatic carbocycles. The van der Waals surface area contributed by atoms with Gasteiger partial charge in [-0.1, -0.05) is 42.5 Å². The smallest absolute Gasteiger partial charge is 0.300 e. The van der Waals surface area contributed by atoms with E-state index in [0.717, 1.165) is 44.2 Å². The number of rotatable bonds is 6. The van der Waals surface area contributed by atoms with Gasteiger partial charge in [0, 0.05) is 27.8 Å². The Morgan fingerprint density at radius 2 is 1.57 bits per heavy atom. The first kappa shape index (κ1) is 21.8. The number of nitrogens with one attached hydrogen (secondary N) is 2. The minimum Gasteiger partial charge on any atom is -0.376 e. The molecular weight excluding hydrogens is 435 g/mol. The predicted octanol–water partition coefficient (Wildman–Crippen LogP) is 5.81. The number of halogens is 2. The molecule has 1 aliphatic carbocycles. The highest BCUT2D eigenvalue weighted by atomic mass is 35.5. The van der Waals surface area contributed by atoms with Gasteiger partial charge in [0.25, 0.3) is 17.3 Å².